The highest BCUT2D eigenvalue weighted by Crippen LogP contribution is 2.16. The average molecular weight is 447 g/mol. The molecule has 2 bridgehead atoms. The Morgan fingerprint density at radius 1 is 0.781 bits per heavy atom. The first-order valence-electron chi connectivity index (χ1n) is 11.8. The van der Waals surface area contributed by atoms with Crippen LogP contribution in [0, 0.1) is 12.8 Å². The largest absolute Gasteiger partial charge is 0.480 e. The lowest BCUT2D eigenvalue weighted by atomic mass is 9.96. The molecule has 1 aromatic rings. The summed E-state index contributed by atoms with van der Waals surface area (Å²) >= 11 is 0. The minimum atomic E-state index is -0.773. The maximum atomic E-state index is 11.5. The fraction of sp³-hybridized carbons (Fsp3) is 0.667. The smallest absolute Gasteiger partial charge is 0.317 e. The van der Waals surface area contributed by atoms with Crippen molar-refractivity contribution in [2.45, 2.75) is 19.8 Å². The molecule has 2 fully saturated rings. The summed E-state index contributed by atoms with van der Waals surface area (Å²) in [5, 5.41) is 18.7. The van der Waals surface area contributed by atoms with Gasteiger partial charge in [-0.25, -0.2) is 0 Å². The van der Waals surface area contributed by atoms with Crippen LogP contribution in [0.4, 0.5) is 0 Å². The molecule has 1 aromatic carbocycles. The van der Waals surface area contributed by atoms with Gasteiger partial charge in [0, 0.05) is 58.9 Å². The second kappa shape index (κ2) is 12.3. The molecule has 2 aliphatic heterocycles. The van der Waals surface area contributed by atoms with Crippen molar-refractivity contribution in [3.05, 3.63) is 35.4 Å². The summed E-state index contributed by atoms with van der Waals surface area (Å²) in [5.41, 5.74) is 2.52. The zero-order chi connectivity index (χ0) is 22.9. The number of aryl methyl sites for hydroxylation is 1. The summed E-state index contributed by atoms with van der Waals surface area (Å²) in [7, 11) is 0. The third-order valence-electron chi connectivity index (χ3n) is 6.54. The maximum Gasteiger partial charge on any atom is 0.317 e. The molecule has 2 heterocycles. The number of aliphatic carboxylic acids is 2. The van der Waals surface area contributed by atoms with Gasteiger partial charge in [-0.1, -0.05) is 29.8 Å². The summed E-state index contributed by atoms with van der Waals surface area (Å²) in [6.07, 6.45) is 1.84. The summed E-state index contributed by atoms with van der Waals surface area (Å²) in [6.45, 7) is 10.7. The molecule has 2 aliphatic rings. The van der Waals surface area contributed by atoms with Crippen LogP contribution >= 0.6 is 0 Å². The van der Waals surface area contributed by atoms with Crippen LogP contribution < -0.4 is 0 Å². The maximum absolute atomic E-state index is 11.5. The van der Waals surface area contributed by atoms with Gasteiger partial charge >= 0.3 is 11.9 Å². The van der Waals surface area contributed by atoms with Gasteiger partial charge in [0.25, 0.3) is 0 Å². The van der Waals surface area contributed by atoms with Gasteiger partial charge < -0.3 is 20.0 Å². The molecule has 2 N–H and O–H groups in total. The van der Waals surface area contributed by atoms with Gasteiger partial charge in [0.1, 0.15) is 0 Å². The molecule has 2 saturated heterocycles. The fourth-order valence-electron chi connectivity index (χ4n) is 4.86. The molecule has 0 radical (unpaired) electrons. The van der Waals surface area contributed by atoms with E-state index in [0.29, 0.717) is 5.92 Å². The van der Waals surface area contributed by atoms with E-state index in [1.54, 1.807) is 0 Å². The van der Waals surface area contributed by atoms with Crippen LogP contribution in [-0.4, -0.2) is 120 Å². The molecular weight excluding hydrogens is 408 g/mol. The number of carboxylic acids is 2. The lowest BCUT2D eigenvalue weighted by Crippen LogP contribution is -2.50. The molecule has 0 aromatic heterocycles. The Balaban J connectivity index is 1.77. The lowest BCUT2D eigenvalue weighted by Gasteiger charge is -2.38. The molecule has 0 spiro atoms. The van der Waals surface area contributed by atoms with Gasteiger partial charge in [-0.3, -0.25) is 19.4 Å². The predicted molar refractivity (Wildman–Crippen MR) is 124 cm³/mol. The van der Waals surface area contributed by atoms with Gasteiger partial charge in [-0.2, -0.15) is 0 Å². The van der Waals surface area contributed by atoms with Crippen LogP contribution in [0.25, 0.3) is 0 Å². The van der Waals surface area contributed by atoms with Crippen LogP contribution in [0.1, 0.15) is 17.5 Å². The molecule has 178 valence electrons. The van der Waals surface area contributed by atoms with E-state index < -0.39 is 11.9 Å². The van der Waals surface area contributed by atoms with E-state index in [1.807, 2.05) is 0 Å². The Morgan fingerprint density at radius 3 is 2.09 bits per heavy atom. The highest BCUT2D eigenvalue weighted by atomic mass is 16.4. The van der Waals surface area contributed by atoms with E-state index in [4.69, 9.17) is 0 Å². The molecule has 0 amide bonds. The van der Waals surface area contributed by atoms with Crippen molar-refractivity contribution in [1.29, 1.82) is 0 Å². The topological polar surface area (TPSA) is 87.6 Å². The normalized spacial score (nSPS) is 26.5. The van der Waals surface area contributed by atoms with Gasteiger partial charge in [-0.15, -0.1) is 0 Å². The minimum Gasteiger partial charge on any atom is -0.480 e. The Bertz CT molecular complexity index is 742. The monoisotopic (exact) mass is 446 g/mol. The van der Waals surface area contributed by atoms with Crippen molar-refractivity contribution in [3.8, 4) is 0 Å². The zero-order valence-electron chi connectivity index (χ0n) is 19.3. The van der Waals surface area contributed by atoms with E-state index in [1.165, 1.54) is 11.1 Å². The first-order chi connectivity index (χ1) is 15.4. The van der Waals surface area contributed by atoms with Crippen LogP contribution in [-0.2, 0) is 16.0 Å². The molecule has 0 saturated carbocycles. The summed E-state index contributed by atoms with van der Waals surface area (Å²) < 4.78 is 0. The Labute approximate surface area is 191 Å². The van der Waals surface area contributed by atoms with Gasteiger partial charge in [0.2, 0.25) is 0 Å². The van der Waals surface area contributed by atoms with Crippen molar-refractivity contribution in [2.75, 3.05) is 78.5 Å². The van der Waals surface area contributed by atoms with E-state index in [9.17, 15) is 19.8 Å². The summed E-state index contributed by atoms with van der Waals surface area (Å²) in [4.78, 5) is 31.8. The molecular formula is C24H38N4O4. The quantitative estimate of drug-likeness (QED) is 0.668. The van der Waals surface area contributed by atoms with Gasteiger partial charge in [-0.05, 0) is 37.8 Å². The van der Waals surface area contributed by atoms with Crippen molar-refractivity contribution in [3.63, 3.8) is 0 Å². The first-order valence-corrected chi connectivity index (χ1v) is 11.8. The van der Waals surface area contributed by atoms with Crippen molar-refractivity contribution in [1.82, 2.24) is 19.6 Å². The second-order valence-corrected chi connectivity index (χ2v) is 9.35. The number of fused-ring (bicyclic) bond motifs is 3. The zero-order valence-corrected chi connectivity index (χ0v) is 19.3. The van der Waals surface area contributed by atoms with Gasteiger partial charge in [0.05, 0.1) is 13.1 Å². The van der Waals surface area contributed by atoms with Crippen molar-refractivity contribution >= 4 is 11.9 Å². The number of hydrogen-bond acceptors (Lipinski definition) is 6. The van der Waals surface area contributed by atoms with Crippen LogP contribution in [0.15, 0.2) is 24.3 Å². The van der Waals surface area contributed by atoms with Crippen molar-refractivity contribution in [2.24, 2.45) is 5.92 Å². The molecule has 3 unspecified atom stereocenters. The molecule has 32 heavy (non-hydrogen) atoms. The summed E-state index contributed by atoms with van der Waals surface area (Å²) in [6, 6.07) is 8.62. The van der Waals surface area contributed by atoms with E-state index in [0.717, 1.165) is 78.3 Å². The fourth-order valence-corrected chi connectivity index (χ4v) is 4.86. The molecule has 8 nitrogen and oxygen atoms in total. The number of nitrogens with zero attached hydrogens (tertiary/aromatic N) is 4. The third-order valence-corrected chi connectivity index (χ3v) is 6.54. The Kier molecular flexibility index (Phi) is 9.47. The van der Waals surface area contributed by atoms with E-state index in [-0.39, 0.29) is 13.1 Å². The van der Waals surface area contributed by atoms with Gasteiger partial charge in [0.15, 0.2) is 0 Å². The predicted octanol–water partition coefficient (Wildman–Crippen LogP) is 0.948. The summed E-state index contributed by atoms with van der Waals surface area (Å²) in [5.74, 6) is -1.22. The highest BCUT2D eigenvalue weighted by molar-refractivity contribution is 5.69. The van der Waals surface area contributed by atoms with Crippen LogP contribution in [0.3, 0.4) is 0 Å². The second-order valence-electron chi connectivity index (χ2n) is 9.35. The Hall–Kier alpha value is -2.00. The number of carbonyl (C=O) groups is 2. The highest BCUT2D eigenvalue weighted by Gasteiger charge is 2.24. The Morgan fingerprint density at radius 2 is 1.38 bits per heavy atom. The number of hydrogen-bond donors (Lipinski definition) is 2. The van der Waals surface area contributed by atoms with Crippen LogP contribution in [0.2, 0.25) is 0 Å². The van der Waals surface area contributed by atoms with E-state index in [2.05, 4.69) is 50.8 Å². The molecule has 8 heteroatoms. The van der Waals surface area contributed by atoms with Crippen molar-refractivity contribution < 1.29 is 19.8 Å². The number of carboxylic acid groups (broad SMARTS) is 2. The minimum absolute atomic E-state index is 0.0740. The lowest BCUT2D eigenvalue weighted by molar-refractivity contribution is -0.139. The molecule has 0 aliphatic carbocycles. The SMILES string of the molecule is Cc1ccc(CC2CN3CCN(CCCN(CC(=O)O)CC3)CCN(CC(=O)O)C2)cc1. The third kappa shape index (κ3) is 8.50. The molecule has 3 atom stereocenters. The standard InChI is InChI=1S/C24H38N4O4/c1-20-3-5-21(6-4-20)15-22-16-27-11-9-25(10-14-28(17-22)19-24(31)32)7-2-8-26(12-13-27)18-23(29)30/h3-6,22H,2,7-19H2,1H3,(H,29,30)(H,31,32). The number of benzene rings is 1. The van der Waals surface area contributed by atoms with Crippen LogP contribution in [0.5, 0.6) is 0 Å². The van der Waals surface area contributed by atoms with E-state index >= 15 is 0 Å². The first kappa shape index (κ1) is 24.6. The average Bonchev–Trinajstić information content (AvgIpc) is 2.73. The molecule has 3 rings (SSSR count). The number of rotatable bonds is 6.